The normalized spacial score (nSPS) is 12.2. The fourth-order valence-corrected chi connectivity index (χ4v) is 2.69. The minimum absolute atomic E-state index is 0.0679. The molecule has 2 rings (SSSR count). The first-order chi connectivity index (χ1) is 12.0. The maximum atomic E-state index is 12.6. The quantitative estimate of drug-likeness (QED) is 0.563. The van der Waals surface area contributed by atoms with Gasteiger partial charge in [-0.2, -0.15) is 0 Å². The lowest BCUT2D eigenvalue weighted by Crippen LogP contribution is -2.50. The molecule has 5 N–H and O–H groups in total. The van der Waals surface area contributed by atoms with E-state index in [2.05, 4.69) is 10.6 Å². The monoisotopic (exact) mass is 381 g/mol. The molecule has 2 aromatic rings. The number of aliphatic hydroxyl groups excluding tert-OH is 1. The van der Waals surface area contributed by atoms with E-state index in [9.17, 15) is 4.79 Å². The number of halogens is 2. The highest BCUT2D eigenvalue weighted by atomic mass is 35.5. The first-order valence-corrected chi connectivity index (χ1v) is 8.66. The Hall–Kier alpha value is -1.63. The summed E-state index contributed by atoms with van der Waals surface area (Å²) in [6, 6.07) is 13.6. The van der Waals surface area contributed by atoms with Gasteiger partial charge < -0.3 is 21.5 Å². The number of amides is 1. The second-order valence-corrected chi connectivity index (χ2v) is 6.38. The van der Waals surface area contributed by atoms with E-state index in [1.165, 1.54) is 0 Å². The van der Waals surface area contributed by atoms with Gasteiger partial charge in [0.2, 0.25) is 5.91 Å². The van der Waals surface area contributed by atoms with Gasteiger partial charge in [-0.1, -0.05) is 47.5 Å². The van der Waals surface area contributed by atoms with Crippen LogP contribution in [0, 0.1) is 0 Å². The molecule has 0 aromatic heterocycles. The molecule has 1 unspecified atom stereocenters. The molecule has 1 amide bonds. The highest BCUT2D eigenvalue weighted by Gasteiger charge is 2.22. The van der Waals surface area contributed by atoms with E-state index in [-0.39, 0.29) is 25.1 Å². The number of hydrogen-bond acceptors (Lipinski definition) is 4. The number of nitrogens with one attached hydrogen (secondary N) is 2. The summed E-state index contributed by atoms with van der Waals surface area (Å²) in [5.41, 5.74) is 7.44. The summed E-state index contributed by atoms with van der Waals surface area (Å²) >= 11 is 11.9. The molecule has 2 aromatic carbocycles. The molecule has 1 atom stereocenters. The van der Waals surface area contributed by atoms with Crippen LogP contribution in [0.25, 0.3) is 0 Å². The van der Waals surface area contributed by atoms with Crippen LogP contribution in [0.1, 0.15) is 17.2 Å². The molecular formula is C18H21Cl2N3O2. The summed E-state index contributed by atoms with van der Waals surface area (Å²) in [6.07, 6.45) is 0. The van der Waals surface area contributed by atoms with Crippen molar-refractivity contribution >= 4 is 29.1 Å². The van der Waals surface area contributed by atoms with E-state index in [1.54, 1.807) is 24.3 Å². The topological polar surface area (TPSA) is 87.4 Å². The van der Waals surface area contributed by atoms with E-state index >= 15 is 0 Å². The average Bonchev–Trinajstić information content (AvgIpc) is 2.62. The molecular weight excluding hydrogens is 361 g/mol. The minimum atomic E-state index is -0.589. The van der Waals surface area contributed by atoms with Crippen LogP contribution >= 0.6 is 23.2 Å². The highest BCUT2D eigenvalue weighted by Crippen LogP contribution is 2.25. The van der Waals surface area contributed by atoms with Gasteiger partial charge in [-0.05, 0) is 35.4 Å². The Balaban J connectivity index is 2.26. The number of hydrogen-bond donors (Lipinski definition) is 4. The van der Waals surface area contributed by atoms with Gasteiger partial charge in [-0.15, -0.1) is 0 Å². The Kier molecular flexibility index (Phi) is 7.68. The molecule has 0 bridgehead atoms. The third kappa shape index (κ3) is 5.70. The lowest BCUT2D eigenvalue weighted by Gasteiger charge is -2.23. The van der Waals surface area contributed by atoms with Crippen LogP contribution in [0.3, 0.4) is 0 Å². The van der Waals surface area contributed by atoms with E-state index < -0.39 is 6.04 Å². The third-order valence-electron chi connectivity index (χ3n) is 3.75. The fourth-order valence-electron chi connectivity index (χ4n) is 2.43. The number of carbonyl (C=O) groups excluding carboxylic acids is 1. The van der Waals surface area contributed by atoms with E-state index in [0.29, 0.717) is 16.6 Å². The van der Waals surface area contributed by atoms with Crippen molar-refractivity contribution in [2.75, 3.05) is 19.7 Å². The van der Waals surface area contributed by atoms with E-state index in [0.717, 1.165) is 11.1 Å². The van der Waals surface area contributed by atoms with Crippen molar-refractivity contribution in [3.05, 3.63) is 69.7 Å². The molecule has 0 saturated heterocycles. The maximum absolute atomic E-state index is 12.6. The fraction of sp³-hybridized carbons (Fsp3) is 0.278. The maximum Gasteiger partial charge on any atom is 0.239 e. The Bertz CT molecular complexity index is 632. The highest BCUT2D eigenvalue weighted by molar-refractivity contribution is 6.30. The third-order valence-corrected chi connectivity index (χ3v) is 4.25. The van der Waals surface area contributed by atoms with Crippen molar-refractivity contribution in [1.82, 2.24) is 10.6 Å². The van der Waals surface area contributed by atoms with Crippen LogP contribution in [0.15, 0.2) is 48.5 Å². The lowest BCUT2D eigenvalue weighted by atomic mass is 9.98. The predicted octanol–water partition coefficient (Wildman–Crippen LogP) is 2.11. The molecule has 0 saturated carbocycles. The van der Waals surface area contributed by atoms with Crippen molar-refractivity contribution in [3.63, 3.8) is 0 Å². The van der Waals surface area contributed by atoms with Gasteiger partial charge in [-0.3, -0.25) is 4.79 Å². The molecule has 0 heterocycles. The summed E-state index contributed by atoms with van der Waals surface area (Å²) in [6.45, 7) is 0.350. The van der Waals surface area contributed by atoms with Gasteiger partial charge in [0.1, 0.15) is 0 Å². The standard InChI is InChI=1S/C18H21Cl2N3O2/c19-14-5-1-12(2-6-14)17(13-3-7-15(20)8-4-13)23-18(25)16(11-21)22-9-10-24/h1-8,16-17,22,24H,9-11,21H2,(H,23,25). The van der Waals surface area contributed by atoms with Gasteiger partial charge in [0.25, 0.3) is 0 Å². The van der Waals surface area contributed by atoms with Gasteiger partial charge in [0, 0.05) is 23.1 Å². The zero-order valence-corrected chi connectivity index (χ0v) is 15.1. The summed E-state index contributed by atoms with van der Waals surface area (Å²) in [5, 5.41) is 16.1. The van der Waals surface area contributed by atoms with Crippen molar-refractivity contribution in [2.24, 2.45) is 5.73 Å². The minimum Gasteiger partial charge on any atom is -0.395 e. The summed E-state index contributed by atoms with van der Waals surface area (Å²) in [5.74, 6) is -0.245. The van der Waals surface area contributed by atoms with Gasteiger partial charge >= 0.3 is 0 Å². The molecule has 25 heavy (non-hydrogen) atoms. The largest absolute Gasteiger partial charge is 0.395 e. The van der Waals surface area contributed by atoms with Crippen molar-refractivity contribution < 1.29 is 9.90 Å². The van der Waals surface area contributed by atoms with Crippen LogP contribution in [0.2, 0.25) is 10.0 Å². The number of rotatable bonds is 8. The average molecular weight is 382 g/mol. The summed E-state index contributed by atoms with van der Waals surface area (Å²) in [7, 11) is 0. The van der Waals surface area contributed by atoms with Crippen LogP contribution in [0.5, 0.6) is 0 Å². The number of nitrogens with two attached hydrogens (primary N) is 1. The summed E-state index contributed by atoms with van der Waals surface area (Å²) < 4.78 is 0. The smallest absolute Gasteiger partial charge is 0.239 e. The molecule has 0 fully saturated rings. The van der Waals surface area contributed by atoms with E-state index in [4.69, 9.17) is 34.0 Å². The SMILES string of the molecule is NCC(NCCO)C(=O)NC(c1ccc(Cl)cc1)c1ccc(Cl)cc1. The zero-order chi connectivity index (χ0) is 18.2. The number of carbonyl (C=O) groups is 1. The van der Waals surface area contributed by atoms with E-state index in [1.807, 2.05) is 24.3 Å². The van der Waals surface area contributed by atoms with Crippen molar-refractivity contribution in [1.29, 1.82) is 0 Å². The Morgan fingerprint density at radius 2 is 1.48 bits per heavy atom. The first kappa shape index (κ1) is 19.7. The second kappa shape index (κ2) is 9.75. The second-order valence-electron chi connectivity index (χ2n) is 5.51. The Morgan fingerprint density at radius 3 is 1.88 bits per heavy atom. The first-order valence-electron chi connectivity index (χ1n) is 7.90. The molecule has 7 heteroatoms. The predicted molar refractivity (Wildman–Crippen MR) is 101 cm³/mol. The molecule has 0 spiro atoms. The molecule has 5 nitrogen and oxygen atoms in total. The molecule has 0 aliphatic carbocycles. The van der Waals surface area contributed by atoms with Crippen LogP contribution in [-0.2, 0) is 4.79 Å². The van der Waals surface area contributed by atoms with Crippen molar-refractivity contribution in [2.45, 2.75) is 12.1 Å². The number of benzene rings is 2. The molecule has 134 valence electrons. The Labute approximate surface area is 157 Å². The van der Waals surface area contributed by atoms with Crippen molar-refractivity contribution in [3.8, 4) is 0 Å². The zero-order valence-electron chi connectivity index (χ0n) is 13.6. The molecule has 0 radical (unpaired) electrons. The van der Waals surface area contributed by atoms with Crippen LogP contribution in [-0.4, -0.2) is 36.8 Å². The summed E-state index contributed by atoms with van der Waals surface area (Å²) in [4.78, 5) is 12.6. The molecule has 0 aliphatic rings. The number of aliphatic hydroxyl groups is 1. The van der Waals surface area contributed by atoms with Gasteiger partial charge in [0.15, 0.2) is 0 Å². The molecule has 0 aliphatic heterocycles. The van der Waals surface area contributed by atoms with Gasteiger partial charge in [-0.25, -0.2) is 0 Å². The van der Waals surface area contributed by atoms with Crippen LogP contribution in [0.4, 0.5) is 0 Å². The Morgan fingerprint density at radius 1 is 1.00 bits per heavy atom. The van der Waals surface area contributed by atoms with Crippen LogP contribution < -0.4 is 16.4 Å². The van der Waals surface area contributed by atoms with Gasteiger partial charge in [0.05, 0.1) is 18.7 Å². The lowest BCUT2D eigenvalue weighted by molar-refractivity contribution is -0.123.